The van der Waals surface area contributed by atoms with E-state index in [1.807, 2.05) is 0 Å². The average molecular weight is 525 g/mol. The molecule has 0 aliphatic heterocycles. The van der Waals surface area contributed by atoms with E-state index >= 15 is 0 Å². The molecule has 0 amide bonds. The van der Waals surface area contributed by atoms with Crippen molar-refractivity contribution in [1.82, 2.24) is 0 Å². The number of halogens is 4. The molecule has 2 nitrogen and oxygen atoms in total. The second-order valence-electron chi connectivity index (χ2n) is 12.1. The van der Waals surface area contributed by atoms with Crippen LogP contribution in [0.3, 0.4) is 0 Å². The summed E-state index contributed by atoms with van der Waals surface area (Å²) in [5.41, 5.74) is -1.08. The molecule has 0 saturated heterocycles. The molecule has 3 aliphatic rings. The highest BCUT2D eigenvalue weighted by Crippen LogP contribution is 2.50. The molecule has 0 N–H and O–H groups in total. The van der Waals surface area contributed by atoms with Crippen LogP contribution in [0, 0.1) is 41.3 Å². The van der Waals surface area contributed by atoms with Gasteiger partial charge in [-0.05, 0) is 86.3 Å². The summed E-state index contributed by atoms with van der Waals surface area (Å²) in [7, 11) is 0. The van der Waals surface area contributed by atoms with Gasteiger partial charge in [-0.25, -0.2) is 4.39 Å². The van der Waals surface area contributed by atoms with Gasteiger partial charge in [-0.1, -0.05) is 71.1 Å². The van der Waals surface area contributed by atoms with Crippen molar-refractivity contribution in [2.24, 2.45) is 35.5 Å². The second-order valence-corrected chi connectivity index (χ2v) is 12.1. The summed E-state index contributed by atoms with van der Waals surface area (Å²) in [6.45, 7) is 2.26. The highest BCUT2D eigenvalue weighted by Gasteiger charge is 2.43. The van der Waals surface area contributed by atoms with Crippen LogP contribution in [0.5, 0.6) is 5.75 Å². The topological polar surface area (TPSA) is 26.3 Å². The number of hydrogen-bond acceptors (Lipinski definition) is 2. The van der Waals surface area contributed by atoms with E-state index in [1.165, 1.54) is 70.6 Å². The monoisotopic (exact) mass is 524 g/mol. The van der Waals surface area contributed by atoms with Gasteiger partial charge in [0.2, 0.25) is 0 Å². The number of ether oxygens (including phenoxy) is 1. The van der Waals surface area contributed by atoms with Crippen molar-refractivity contribution in [2.45, 2.75) is 116 Å². The fourth-order valence-electron chi connectivity index (χ4n) is 7.65. The van der Waals surface area contributed by atoms with Crippen LogP contribution in [0.15, 0.2) is 18.2 Å². The summed E-state index contributed by atoms with van der Waals surface area (Å²) in [5, 5.41) is 0. The molecule has 0 spiro atoms. The first-order chi connectivity index (χ1) is 17.8. The van der Waals surface area contributed by atoms with E-state index < -0.39 is 29.3 Å². The molecule has 208 valence electrons. The van der Waals surface area contributed by atoms with E-state index in [0.29, 0.717) is 12.0 Å². The Labute approximate surface area is 219 Å². The van der Waals surface area contributed by atoms with Crippen LogP contribution >= 0.6 is 0 Å². The van der Waals surface area contributed by atoms with Crippen molar-refractivity contribution in [3.05, 3.63) is 29.6 Å². The molecule has 37 heavy (non-hydrogen) atoms. The molecule has 3 fully saturated rings. The number of rotatable bonds is 9. The normalized spacial score (nSPS) is 30.5. The quantitative estimate of drug-likeness (QED) is 0.139. The number of unbranched alkanes of at least 4 members (excludes halogenated alkanes) is 4. The Kier molecular flexibility index (Phi) is 9.97. The Balaban J connectivity index is 1.26. The van der Waals surface area contributed by atoms with Crippen LogP contribution in [0.1, 0.15) is 115 Å². The number of alkyl halides is 3. The largest absolute Gasteiger partial charge is 0.423 e. The summed E-state index contributed by atoms with van der Waals surface area (Å²) in [6.07, 6.45) is 15.1. The molecular formula is C31H44F4O2. The Hall–Kier alpha value is -1.59. The fourth-order valence-corrected chi connectivity index (χ4v) is 7.65. The molecule has 4 rings (SSSR count). The highest BCUT2D eigenvalue weighted by molar-refractivity contribution is 5.75. The van der Waals surface area contributed by atoms with Gasteiger partial charge in [0.15, 0.2) is 11.6 Å². The zero-order valence-electron chi connectivity index (χ0n) is 22.3. The number of esters is 1. The Bertz CT molecular complexity index is 874. The minimum atomic E-state index is -4.63. The van der Waals surface area contributed by atoms with Gasteiger partial charge in [0.1, 0.15) is 0 Å². The summed E-state index contributed by atoms with van der Waals surface area (Å²) >= 11 is 0. The number of carbonyl (C=O) groups excluding carboxylic acids is 1. The minimum Gasteiger partial charge on any atom is -0.423 e. The predicted molar refractivity (Wildman–Crippen MR) is 138 cm³/mol. The zero-order chi connectivity index (χ0) is 26.4. The van der Waals surface area contributed by atoms with Crippen LogP contribution in [-0.2, 0) is 11.0 Å². The van der Waals surface area contributed by atoms with Crippen LogP contribution in [-0.4, -0.2) is 5.97 Å². The van der Waals surface area contributed by atoms with Gasteiger partial charge in [-0.3, -0.25) is 4.79 Å². The van der Waals surface area contributed by atoms with Crippen molar-refractivity contribution in [3.63, 3.8) is 0 Å². The lowest BCUT2D eigenvalue weighted by molar-refractivity contribution is -0.144. The molecule has 4 unspecified atom stereocenters. The Morgan fingerprint density at radius 2 is 1.62 bits per heavy atom. The Morgan fingerprint density at radius 3 is 2.32 bits per heavy atom. The number of hydrogen-bond donors (Lipinski definition) is 0. The minimum absolute atomic E-state index is 0.245. The maximum Gasteiger partial charge on any atom is 0.416 e. The smallest absolute Gasteiger partial charge is 0.416 e. The molecule has 3 saturated carbocycles. The summed E-state index contributed by atoms with van der Waals surface area (Å²) in [5.74, 6) is 0.893. The van der Waals surface area contributed by atoms with E-state index in [2.05, 4.69) is 6.92 Å². The van der Waals surface area contributed by atoms with E-state index in [-0.39, 0.29) is 11.8 Å². The van der Waals surface area contributed by atoms with E-state index in [4.69, 9.17) is 4.74 Å². The third kappa shape index (κ3) is 7.50. The van der Waals surface area contributed by atoms with Crippen molar-refractivity contribution in [1.29, 1.82) is 0 Å². The molecule has 0 bridgehead atoms. The average Bonchev–Trinajstić information content (AvgIpc) is 2.88. The molecule has 6 heteroatoms. The number of carbonyl (C=O) groups is 1. The SMILES string of the molecule is CCCCCCCC1CCC(C2CCC3C(CCCC3C(=O)Oc3ccc(C(F)(F)F)cc3F)C2)CC1. The predicted octanol–water partition coefficient (Wildman–Crippen LogP) is 9.75. The van der Waals surface area contributed by atoms with Gasteiger partial charge < -0.3 is 4.74 Å². The van der Waals surface area contributed by atoms with Gasteiger partial charge in [-0.15, -0.1) is 0 Å². The lowest BCUT2D eigenvalue weighted by Crippen LogP contribution is -2.40. The first kappa shape index (κ1) is 28.4. The van der Waals surface area contributed by atoms with E-state index in [1.54, 1.807) is 0 Å². The van der Waals surface area contributed by atoms with Gasteiger partial charge >= 0.3 is 12.1 Å². The molecule has 0 radical (unpaired) electrons. The van der Waals surface area contributed by atoms with Gasteiger partial charge in [0.25, 0.3) is 0 Å². The van der Waals surface area contributed by atoms with E-state index in [9.17, 15) is 22.4 Å². The van der Waals surface area contributed by atoms with Crippen LogP contribution < -0.4 is 4.74 Å². The summed E-state index contributed by atoms with van der Waals surface area (Å²) in [6, 6.07) is 2.09. The van der Waals surface area contributed by atoms with Crippen LogP contribution in [0.25, 0.3) is 0 Å². The van der Waals surface area contributed by atoms with Crippen molar-refractivity contribution in [3.8, 4) is 5.75 Å². The number of benzene rings is 1. The lowest BCUT2D eigenvalue weighted by Gasteiger charge is -2.46. The summed E-state index contributed by atoms with van der Waals surface area (Å²) < 4.78 is 58.1. The molecule has 0 heterocycles. The third-order valence-corrected chi connectivity index (χ3v) is 9.74. The van der Waals surface area contributed by atoms with Crippen molar-refractivity contribution in [2.75, 3.05) is 0 Å². The highest BCUT2D eigenvalue weighted by atomic mass is 19.4. The molecular weight excluding hydrogens is 480 g/mol. The van der Waals surface area contributed by atoms with Crippen molar-refractivity contribution < 1.29 is 27.1 Å². The zero-order valence-corrected chi connectivity index (χ0v) is 22.3. The van der Waals surface area contributed by atoms with Crippen LogP contribution in [0.4, 0.5) is 17.6 Å². The molecule has 1 aromatic rings. The molecule has 4 atom stereocenters. The maximum atomic E-state index is 14.3. The van der Waals surface area contributed by atoms with Gasteiger partial charge in [-0.2, -0.15) is 13.2 Å². The molecule has 3 aliphatic carbocycles. The van der Waals surface area contributed by atoms with Gasteiger partial charge in [0, 0.05) is 0 Å². The molecule has 1 aromatic carbocycles. The lowest BCUT2D eigenvalue weighted by atomic mass is 9.59. The number of fused-ring (bicyclic) bond motifs is 1. The van der Waals surface area contributed by atoms with E-state index in [0.717, 1.165) is 62.0 Å². The standard InChI is InChI=1S/C31H44F4O2/c1-2-3-4-5-6-8-21-11-13-22(14-12-21)23-15-17-26-24(19-23)9-7-10-27(26)30(36)37-29-18-16-25(20-28(29)32)31(33,34)35/h16,18,20-24,26-27H,2-15,17,19H2,1H3. The fraction of sp³-hybridized carbons (Fsp3) is 0.774. The maximum absolute atomic E-state index is 14.3. The summed E-state index contributed by atoms with van der Waals surface area (Å²) in [4.78, 5) is 13.0. The molecule has 0 aromatic heterocycles. The first-order valence-corrected chi connectivity index (χ1v) is 14.8. The van der Waals surface area contributed by atoms with Crippen molar-refractivity contribution >= 4 is 5.97 Å². The second kappa shape index (κ2) is 13.0. The Morgan fingerprint density at radius 1 is 0.892 bits per heavy atom. The van der Waals surface area contributed by atoms with Gasteiger partial charge in [0.05, 0.1) is 11.5 Å². The van der Waals surface area contributed by atoms with Crippen LogP contribution in [0.2, 0.25) is 0 Å². The first-order valence-electron chi connectivity index (χ1n) is 14.8. The third-order valence-electron chi connectivity index (χ3n) is 9.74.